The Bertz CT molecular complexity index is 783. The Labute approximate surface area is 130 Å². The third-order valence-corrected chi connectivity index (χ3v) is 3.46. The van der Waals surface area contributed by atoms with Crippen LogP contribution in [0.25, 0.3) is 11.4 Å². The van der Waals surface area contributed by atoms with E-state index in [9.17, 15) is 14.7 Å². The highest BCUT2D eigenvalue weighted by molar-refractivity contribution is 5.97. The van der Waals surface area contributed by atoms with E-state index in [-0.39, 0.29) is 17.5 Å². The molecule has 0 unspecified atom stereocenters. The number of pyridine rings is 1. The number of rotatable bonds is 5. The van der Waals surface area contributed by atoms with E-state index in [1.807, 2.05) is 0 Å². The van der Waals surface area contributed by atoms with Crippen LogP contribution in [0.1, 0.15) is 34.9 Å². The van der Waals surface area contributed by atoms with Crippen LogP contribution >= 0.6 is 0 Å². The highest BCUT2D eigenvalue weighted by Crippen LogP contribution is 2.34. The van der Waals surface area contributed by atoms with E-state index in [0.717, 1.165) is 12.8 Å². The predicted octanol–water partition coefficient (Wildman–Crippen LogP) is -0.102. The van der Waals surface area contributed by atoms with Crippen molar-refractivity contribution in [3.8, 4) is 17.1 Å². The number of carboxylic acids is 1. The number of carboxylic acid groups (broad SMARTS) is 1. The summed E-state index contributed by atoms with van der Waals surface area (Å²) in [6, 6.07) is 0.277. The lowest BCUT2D eigenvalue weighted by Gasteiger charge is -2.08. The molecule has 0 bridgehead atoms. The molecule has 1 fully saturated rings. The Morgan fingerprint density at radius 2 is 2.17 bits per heavy atom. The van der Waals surface area contributed by atoms with Crippen LogP contribution in [0, 0.1) is 6.92 Å². The van der Waals surface area contributed by atoms with E-state index in [4.69, 9.17) is 5.11 Å². The van der Waals surface area contributed by atoms with Crippen molar-refractivity contribution in [1.82, 2.24) is 30.5 Å². The quantitative estimate of drug-likeness (QED) is 0.693. The molecule has 2 aromatic heterocycles. The fourth-order valence-corrected chi connectivity index (χ4v) is 2.02. The van der Waals surface area contributed by atoms with Gasteiger partial charge in [-0.1, -0.05) is 0 Å². The second-order valence-electron chi connectivity index (χ2n) is 5.24. The average Bonchev–Trinajstić information content (AvgIpc) is 3.25. The summed E-state index contributed by atoms with van der Waals surface area (Å²) in [4.78, 5) is 27.7. The van der Waals surface area contributed by atoms with E-state index >= 15 is 0 Å². The van der Waals surface area contributed by atoms with Gasteiger partial charge in [0.15, 0.2) is 11.4 Å². The van der Waals surface area contributed by atoms with Crippen molar-refractivity contribution in [3.05, 3.63) is 17.5 Å². The van der Waals surface area contributed by atoms with Crippen LogP contribution in [0.5, 0.6) is 5.75 Å². The number of tetrazole rings is 1. The molecule has 2 heterocycles. The molecule has 0 aromatic carbocycles. The number of hydrogen-bond donors (Lipinski definition) is 3. The number of nitrogens with one attached hydrogen (secondary N) is 1. The van der Waals surface area contributed by atoms with E-state index in [1.165, 1.54) is 11.0 Å². The molecule has 0 radical (unpaired) electrons. The molecule has 0 saturated heterocycles. The van der Waals surface area contributed by atoms with Crippen LogP contribution in [0.4, 0.5) is 0 Å². The number of aliphatic carboxylic acids is 1. The zero-order valence-electron chi connectivity index (χ0n) is 12.2. The molecular formula is C13H14N6O4. The fourth-order valence-electron chi connectivity index (χ4n) is 2.02. The van der Waals surface area contributed by atoms with Gasteiger partial charge in [-0.25, -0.2) is 4.98 Å². The van der Waals surface area contributed by atoms with Gasteiger partial charge in [0, 0.05) is 17.3 Å². The van der Waals surface area contributed by atoms with E-state index < -0.39 is 18.4 Å². The molecule has 1 amide bonds. The first kappa shape index (κ1) is 14.9. The van der Waals surface area contributed by atoms with Crippen molar-refractivity contribution >= 4 is 11.9 Å². The van der Waals surface area contributed by atoms with Crippen molar-refractivity contribution in [1.29, 1.82) is 0 Å². The summed E-state index contributed by atoms with van der Waals surface area (Å²) in [5.41, 5.74) is 0.585. The molecule has 0 atom stereocenters. The molecule has 1 aliphatic carbocycles. The van der Waals surface area contributed by atoms with Gasteiger partial charge in [-0.05, 0) is 25.0 Å². The van der Waals surface area contributed by atoms with Gasteiger partial charge in [0.2, 0.25) is 5.82 Å². The minimum atomic E-state index is -1.19. The Morgan fingerprint density at radius 3 is 2.83 bits per heavy atom. The van der Waals surface area contributed by atoms with Crippen molar-refractivity contribution in [2.24, 2.45) is 0 Å². The lowest BCUT2D eigenvalue weighted by atomic mass is 10.1. The van der Waals surface area contributed by atoms with Crippen molar-refractivity contribution in [2.75, 3.05) is 6.54 Å². The Hall–Kier alpha value is -3.04. The van der Waals surface area contributed by atoms with Crippen molar-refractivity contribution in [3.63, 3.8) is 0 Å². The van der Waals surface area contributed by atoms with E-state index in [0.29, 0.717) is 17.0 Å². The topological polar surface area (TPSA) is 143 Å². The second kappa shape index (κ2) is 5.63. The molecule has 3 rings (SSSR count). The first-order valence-electron chi connectivity index (χ1n) is 6.95. The number of hydrogen-bond acceptors (Lipinski definition) is 7. The first-order valence-corrected chi connectivity index (χ1v) is 6.95. The number of aromatic hydroxyl groups is 1. The normalized spacial score (nSPS) is 13.8. The summed E-state index contributed by atoms with van der Waals surface area (Å²) >= 11 is 0. The van der Waals surface area contributed by atoms with Crippen LogP contribution < -0.4 is 5.32 Å². The van der Waals surface area contributed by atoms with Crippen LogP contribution in [0.2, 0.25) is 0 Å². The summed E-state index contributed by atoms with van der Waals surface area (Å²) < 4.78 is 0. The van der Waals surface area contributed by atoms with Gasteiger partial charge >= 0.3 is 5.97 Å². The minimum absolute atomic E-state index is 0.248. The smallest absolute Gasteiger partial charge is 0.322 e. The predicted molar refractivity (Wildman–Crippen MR) is 75.7 cm³/mol. The molecule has 23 heavy (non-hydrogen) atoms. The molecule has 0 spiro atoms. The zero-order valence-corrected chi connectivity index (χ0v) is 12.2. The summed E-state index contributed by atoms with van der Waals surface area (Å²) in [6.45, 7) is 1.04. The molecule has 0 aliphatic heterocycles. The number of aromatic nitrogens is 5. The summed E-state index contributed by atoms with van der Waals surface area (Å²) in [7, 11) is 0. The molecule has 1 saturated carbocycles. The number of carbonyl (C=O) groups is 2. The van der Waals surface area contributed by atoms with Gasteiger partial charge in [-0.2, -0.15) is 4.80 Å². The number of amides is 1. The third-order valence-electron chi connectivity index (χ3n) is 3.46. The maximum Gasteiger partial charge on any atom is 0.322 e. The van der Waals surface area contributed by atoms with Crippen LogP contribution in [0.15, 0.2) is 6.20 Å². The monoisotopic (exact) mass is 318 g/mol. The lowest BCUT2D eigenvalue weighted by molar-refractivity contribution is -0.135. The Morgan fingerprint density at radius 1 is 1.43 bits per heavy atom. The van der Waals surface area contributed by atoms with E-state index in [2.05, 4.69) is 25.7 Å². The third kappa shape index (κ3) is 2.96. The number of nitrogens with zero attached hydrogens (tertiary/aromatic N) is 5. The maximum absolute atomic E-state index is 11.8. The molecule has 2 aromatic rings. The Balaban J connectivity index is 1.87. The van der Waals surface area contributed by atoms with Gasteiger partial charge < -0.3 is 15.5 Å². The molecule has 120 valence electrons. The maximum atomic E-state index is 11.8. The second-order valence-corrected chi connectivity index (χ2v) is 5.24. The zero-order chi connectivity index (χ0) is 16.6. The summed E-state index contributed by atoms with van der Waals surface area (Å²) in [5.74, 6) is -1.98. The van der Waals surface area contributed by atoms with Gasteiger partial charge in [-0.15, -0.1) is 10.2 Å². The van der Waals surface area contributed by atoms with Crippen LogP contribution in [-0.2, 0) is 4.79 Å². The first-order chi connectivity index (χ1) is 11.0. The van der Waals surface area contributed by atoms with Crippen LogP contribution in [0.3, 0.4) is 0 Å². The SMILES string of the molecule is Cc1c(-c2nnn(C3CC3)n2)cnc(C(=O)NCC(=O)O)c1O. The number of carbonyl (C=O) groups excluding carboxylic acids is 1. The summed E-state index contributed by atoms with van der Waals surface area (Å²) in [6.07, 6.45) is 3.39. The molecule has 3 N–H and O–H groups in total. The van der Waals surface area contributed by atoms with Gasteiger partial charge in [0.25, 0.3) is 5.91 Å². The highest BCUT2D eigenvalue weighted by atomic mass is 16.4. The lowest BCUT2D eigenvalue weighted by Crippen LogP contribution is -2.30. The largest absolute Gasteiger partial charge is 0.505 e. The van der Waals surface area contributed by atoms with E-state index in [1.54, 1.807) is 6.92 Å². The average molecular weight is 318 g/mol. The highest BCUT2D eigenvalue weighted by Gasteiger charge is 2.27. The minimum Gasteiger partial charge on any atom is -0.505 e. The van der Waals surface area contributed by atoms with Crippen molar-refractivity contribution < 1.29 is 19.8 Å². The van der Waals surface area contributed by atoms with Gasteiger partial charge in [-0.3, -0.25) is 9.59 Å². The molecule has 10 nitrogen and oxygen atoms in total. The standard InChI is InChI=1S/C13H14N6O4/c1-6-8(12-16-18-19(17-12)7-2-3-7)4-14-10(11(6)22)13(23)15-5-9(20)21/h4,7,22H,2-3,5H2,1H3,(H,15,23)(H,20,21). The molecule has 1 aliphatic rings. The van der Waals surface area contributed by atoms with Gasteiger partial charge in [0.05, 0.1) is 6.04 Å². The molecular weight excluding hydrogens is 304 g/mol. The van der Waals surface area contributed by atoms with Crippen LogP contribution in [-0.4, -0.2) is 53.8 Å². The molecule has 10 heteroatoms. The van der Waals surface area contributed by atoms with Gasteiger partial charge in [0.1, 0.15) is 6.54 Å². The van der Waals surface area contributed by atoms with Crippen molar-refractivity contribution in [2.45, 2.75) is 25.8 Å². The summed E-state index contributed by atoms with van der Waals surface area (Å²) in [5, 5.41) is 33.0. The Kier molecular flexibility index (Phi) is 3.64. The fraction of sp³-hybridized carbons (Fsp3) is 0.385.